The zero-order valence-electron chi connectivity index (χ0n) is 16.3. The molecule has 10 heteroatoms. The SMILES string of the molecule is C[C@H](Sc1nnc(Cc2ccccc2F)n1N)C(=O)N[C@@H](C)c1ccc(Cl)cc1Cl. The Kier molecular flexibility index (Phi) is 7.23. The number of carbonyl (C=O) groups excluding carboxylic acids is 1. The van der Waals surface area contributed by atoms with E-state index in [1.54, 1.807) is 43.3 Å². The zero-order valence-corrected chi connectivity index (χ0v) is 18.6. The fraction of sp³-hybridized carbons (Fsp3) is 0.250. The second-order valence-corrected chi connectivity index (χ2v) is 8.84. The van der Waals surface area contributed by atoms with Gasteiger partial charge in [-0.1, -0.05) is 59.2 Å². The molecule has 0 saturated carbocycles. The highest BCUT2D eigenvalue weighted by Gasteiger charge is 2.22. The molecule has 1 amide bonds. The van der Waals surface area contributed by atoms with Gasteiger partial charge in [-0.3, -0.25) is 4.79 Å². The van der Waals surface area contributed by atoms with E-state index < -0.39 is 5.25 Å². The van der Waals surface area contributed by atoms with Crippen molar-refractivity contribution in [2.45, 2.75) is 36.7 Å². The summed E-state index contributed by atoms with van der Waals surface area (Å²) in [6, 6.07) is 11.2. The molecule has 0 aliphatic rings. The monoisotopic (exact) mass is 467 g/mol. The topological polar surface area (TPSA) is 85.8 Å². The van der Waals surface area contributed by atoms with E-state index in [4.69, 9.17) is 29.0 Å². The molecule has 0 radical (unpaired) electrons. The largest absolute Gasteiger partial charge is 0.349 e. The van der Waals surface area contributed by atoms with Crippen molar-refractivity contribution in [1.82, 2.24) is 20.2 Å². The number of nitrogens with two attached hydrogens (primary N) is 1. The maximum Gasteiger partial charge on any atom is 0.233 e. The molecule has 1 heterocycles. The van der Waals surface area contributed by atoms with E-state index in [1.165, 1.54) is 10.7 Å². The minimum absolute atomic E-state index is 0.198. The summed E-state index contributed by atoms with van der Waals surface area (Å²) in [4.78, 5) is 12.6. The Balaban J connectivity index is 1.64. The third-order valence-electron chi connectivity index (χ3n) is 4.48. The van der Waals surface area contributed by atoms with Crippen LogP contribution in [0.4, 0.5) is 4.39 Å². The van der Waals surface area contributed by atoms with Crippen LogP contribution in [0.5, 0.6) is 0 Å². The summed E-state index contributed by atoms with van der Waals surface area (Å²) in [6.45, 7) is 3.57. The van der Waals surface area contributed by atoms with Crippen LogP contribution in [0.2, 0.25) is 10.0 Å². The maximum absolute atomic E-state index is 13.9. The fourth-order valence-corrected chi connectivity index (χ4v) is 4.16. The molecule has 2 atom stereocenters. The second-order valence-electron chi connectivity index (χ2n) is 6.69. The molecule has 0 bridgehead atoms. The van der Waals surface area contributed by atoms with Crippen LogP contribution >= 0.6 is 35.0 Å². The van der Waals surface area contributed by atoms with Crippen LogP contribution in [0.15, 0.2) is 47.6 Å². The van der Waals surface area contributed by atoms with E-state index in [1.807, 2.05) is 6.92 Å². The maximum atomic E-state index is 13.9. The second kappa shape index (κ2) is 9.68. The van der Waals surface area contributed by atoms with Gasteiger partial charge >= 0.3 is 0 Å². The number of aromatic nitrogens is 3. The molecule has 3 aromatic rings. The first-order valence-electron chi connectivity index (χ1n) is 9.11. The molecule has 0 unspecified atom stereocenters. The van der Waals surface area contributed by atoms with Crippen molar-refractivity contribution in [1.29, 1.82) is 0 Å². The predicted octanol–water partition coefficient (Wildman–Crippen LogP) is 4.39. The Morgan fingerprint density at radius 2 is 1.97 bits per heavy atom. The van der Waals surface area contributed by atoms with Crippen molar-refractivity contribution in [3.63, 3.8) is 0 Å². The average molecular weight is 468 g/mol. The molecule has 158 valence electrons. The van der Waals surface area contributed by atoms with Crippen LogP contribution in [0, 0.1) is 5.82 Å². The van der Waals surface area contributed by atoms with E-state index in [9.17, 15) is 9.18 Å². The molecule has 3 rings (SSSR count). The predicted molar refractivity (Wildman–Crippen MR) is 118 cm³/mol. The zero-order chi connectivity index (χ0) is 21.8. The van der Waals surface area contributed by atoms with Gasteiger partial charge in [-0.15, -0.1) is 10.2 Å². The molecule has 0 aliphatic heterocycles. The van der Waals surface area contributed by atoms with Gasteiger partial charge in [-0.05, 0) is 43.2 Å². The summed E-state index contributed by atoms with van der Waals surface area (Å²) in [6.07, 6.45) is 0.198. The van der Waals surface area contributed by atoms with Gasteiger partial charge in [-0.25, -0.2) is 9.07 Å². The van der Waals surface area contributed by atoms with Crippen molar-refractivity contribution in [2.24, 2.45) is 0 Å². The molecule has 30 heavy (non-hydrogen) atoms. The Labute approximate surface area is 187 Å². The van der Waals surface area contributed by atoms with Crippen LogP contribution in [0.1, 0.15) is 36.8 Å². The lowest BCUT2D eigenvalue weighted by molar-refractivity contribution is -0.120. The van der Waals surface area contributed by atoms with E-state index in [-0.39, 0.29) is 24.2 Å². The Morgan fingerprint density at radius 1 is 1.23 bits per heavy atom. The van der Waals surface area contributed by atoms with Crippen LogP contribution in [0.3, 0.4) is 0 Å². The van der Waals surface area contributed by atoms with Crippen molar-refractivity contribution in [3.8, 4) is 0 Å². The fourth-order valence-electron chi connectivity index (χ4n) is 2.79. The van der Waals surface area contributed by atoms with Gasteiger partial charge in [-0.2, -0.15) is 0 Å². The molecular weight excluding hydrogens is 448 g/mol. The molecule has 0 spiro atoms. The average Bonchev–Trinajstić information content (AvgIpc) is 3.03. The summed E-state index contributed by atoms with van der Waals surface area (Å²) in [7, 11) is 0. The molecule has 0 saturated heterocycles. The summed E-state index contributed by atoms with van der Waals surface area (Å²) in [5, 5.41) is 11.9. The number of amides is 1. The van der Waals surface area contributed by atoms with E-state index >= 15 is 0 Å². The molecule has 2 aromatic carbocycles. The highest BCUT2D eigenvalue weighted by Crippen LogP contribution is 2.27. The number of hydrogen-bond acceptors (Lipinski definition) is 5. The molecule has 3 N–H and O–H groups in total. The minimum atomic E-state index is -0.494. The summed E-state index contributed by atoms with van der Waals surface area (Å²) in [5.41, 5.74) is 1.23. The van der Waals surface area contributed by atoms with Crippen LogP contribution < -0.4 is 11.2 Å². The van der Waals surface area contributed by atoms with Crippen molar-refractivity contribution < 1.29 is 9.18 Å². The van der Waals surface area contributed by atoms with Gasteiger partial charge < -0.3 is 11.2 Å². The van der Waals surface area contributed by atoms with E-state index in [2.05, 4.69) is 15.5 Å². The Hall–Kier alpha value is -2.29. The number of thioether (sulfide) groups is 1. The molecule has 0 aliphatic carbocycles. The third kappa shape index (κ3) is 5.24. The summed E-state index contributed by atoms with van der Waals surface area (Å²) < 4.78 is 15.1. The van der Waals surface area contributed by atoms with Gasteiger partial charge in [0.25, 0.3) is 0 Å². The van der Waals surface area contributed by atoms with Crippen molar-refractivity contribution in [3.05, 3.63) is 75.3 Å². The molecular formula is C20H20Cl2FN5OS. The smallest absolute Gasteiger partial charge is 0.233 e. The van der Waals surface area contributed by atoms with Gasteiger partial charge in [0.15, 0.2) is 5.82 Å². The number of rotatable bonds is 7. The standard InChI is InChI=1S/C20H20Cl2FN5OS/c1-11(15-8-7-14(21)10-16(15)22)25-19(29)12(2)30-20-27-26-18(28(20)24)9-13-5-3-4-6-17(13)23/h3-8,10-12H,9,24H2,1-2H3,(H,25,29)/t11-,12-/m0/s1. The molecule has 0 fully saturated rings. The Bertz CT molecular complexity index is 1060. The number of carbonyl (C=O) groups is 1. The number of hydrogen-bond donors (Lipinski definition) is 2. The number of benzene rings is 2. The van der Waals surface area contributed by atoms with Crippen molar-refractivity contribution in [2.75, 3.05) is 5.84 Å². The number of nitrogen functional groups attached to an aromatic ring is 1. The molecule has 1 aromatic heterocycles. The number of nitrogens with one attached hydrogen (secondary N) is 1. The lowest BCUT2D eigenvalue weighted by Crippen LogP contribution is -2.33. The highest BCUT2D eigenvalue weighted by atomic mass is 35.5. The Morgan fingerprint density at radius 3 is 2.67 bits per heavy atom. The summed E-state index contributed by atoms with van der Waals surface area (Å²) in [5.74, 6) is 5.92. The first-order chi connectivity index (χ1) is 14.3. The van der Waals surface area contributed by atoms with Crippen LogP contribution in [-0.2, 0) is 11.2 Å². The number of halogens is 3. The number of nitrogens with zero attached hydrogens (tertiary/aromatic N) is 3. The van der Waals surface area contributed by atoms with E-state index in [0.29, 0.717) is 26.6 Å². The van der Waals surface area contributed by atoms with E-state index in [0.717, 1.165) is 17.3 Å². The first-order valence-corrected chi connectivity index (χ1v) is 10.7. The lowest BCUT2D eigenvalue weighted by atomic mass is 10.1. The van der Waals surface area contributed by atoms with Gasteiger partial charge in [0, 0.05) is 16.5 Å². The van der Waals surface area contributed by atoms with Gasteiger partial charge in [0.2, 0.25) is 11.1 Å². The lowest BCUT2D eigenvalue weighted by Gasteiger charge is -2.18. The first kappa shape index (κ1) is 22.4. The van der Waals surface area contributed by atoms with Crippen molar-refractivity contribution >= 4 is 40.9 Å². The van der Waals surface area contributed by atoms with Crippen LogP contribution in [0.25, 0.3) is 0 Å². The third-order valence-corrected chi connectivity index (χ3v) is 6.10. The minimum Gasteiger partial charge on any atom is -0.349 e. The quantitative estimate of drug-likeness (QED) is 0.397. The summed E-state index contributed by atoms with van der Waals surface area (Å²) >= 11 is 13.3. The van der Waals surface area contributed by atoms with Gasteiger partial charge in [0.1, 0.15) is 5.82 Å². The highest BCUT2D eigenvalue weighted by molar-refractivity contribution is 8.00. The van der Waals surface area contributed by atoms with Crippen LogP contribution in [-0.4, -0.2) is 26.0 Å². The normalized spacial score (nSPS) is 13.1. The van der Waals surface area contributed by atoms with Gasteiger partial charge in [0.05, 0.1) is 11.3 Å². The molecule has 6 nitrogen and oxygen atoms in total.